The number of aryl methyl sites for hydroxylation is 1. The van der Waals surface area contributed by atoms with E-state index in [2.05, 4.69) is 9.84 Å². The van der Waals surface area contributed by atoms with Crippen molar-refractivity contribution in [3.8, 4) is 17.6 Å². The molecule has 98 valence electrons. The summed E-state index contributed by atoms with van der Waals surface area (Å²) in [5.41, 5.74) is 0.742. The Kier molecular flexibility index (Phi) is 3.42. The number of nitrogens with zero attached hydrogens (tertiary/aromatic N) is 3. The van der Waals surface area contributed by atoms with Gasteiger partial charge in [0.05, 0.1) is 17.3 Å². The molecule has 0 atom stereocenters. The Labute approximate surface area is 106 Å². The number of halogens is 3. The van der Waals surface area contributed by atoms with Gasteiger partial charge in [-0.25, -0.2) is 9.07 Å². The molecule has 0 amide bonds. The van der Waals surface area contributed by atoms with Gasteiger partial charge < -0.3 is 4.74 Å². The van der Waals surface area contributed by atoms with Crippen molar-refractivity contribution in [1.82, 2.24) is 9.78 Å². The number of nitriles is 1. The molecule has 2 rings (SSSR count). The molecule has 0 saturated carbocycles. The highest BCUT2D eigenvalue weighted by Crippen LogP contribution is 2.20. The fourth-order valence-electron chi connectivity index (χ4n) is 1.55. The van der Waals surface area contributed by atoms with E-state index < -0.39 is 12.4 Å². The highest BCUT2D eigenvalue weighted by atomic mass is 19.3. The normalized spacial score (nSPS) is 10.5. The number of hydrogen-bond donors (Lipinski definition) is 0. The van der Waals surface area contributed by atoms with Crippen molar-refractivity contribution in [1.29, 1.82) is 5.26 Å². The Hall–Kier alpha value is -2.49. The lowest BCUT2D eigenvalue weighted by Crippen LogP contribution is -2.04. The highest BCUT2D eigenvalue weighted by molar-refractivity contribution is 5.42. The molecule has 4 nitrogen and oxygen atoms in total. The maximum atomic E-state index is 13.3. The van der Waals surface area contributed by atoms with Gasteiger partial charge in [0.15, 0.2) is 0 Å². The Morgan fingerprint density at radius 1 is 1.37 bits per heavy atom. The number of aromatic nitrogens is 2. The first kappa shape index (κ1) is 13.0. The first-order valence-corrected chi connectivity index (χ1v) is 5.21. The summed E-state index contributed by atoms with van der Waals surface area (Å²) in [5, 5.41) is 12.5. The Morgan fingerprint density at radius 3 is 2.74 bits per heavy atom. The van der Waals surface area contributed by atoms with Crippen molar-refractivity contribution >= 4 is 0 Å². The second kappa shape index (κ2) is 5.02. The molecule has 19 heavy (non-hydrogen) atoms. The summed E-state index contributed by atoms with van der Waals surface area (Å²) < 4.78 is 42.9. The minimum Gasteiger partial charge on any atom is -0.415 e. The van der Waals surface area contributed by atoms with Crippen LogP contribution in [0.15, 0.2) is 24.4 Å². The third-order valence-corrected chi connectivity index (χ3v) is 2.33. The van der Waals surface area contributed by atoms with Gasteiger partial charge in [-0.05, 0) is 25.1 Å². The summed E-state index contributed by atoms with van der Waals surface area (Å²) in [6.45, 7) is -1.45. The molecule has 0 N–H and O–H groups in total. The number of ether oxygens (including phenoxy) is 1. The lowest BCUT2D eigenvalue weighted by atomic mass is 10.2. The van der Waals surface area contributed by atoms with Gasteiger partial charge in [0.25, 0.3) is 0 Å². The summed E-state index contributed by atoms with van der Waals surface area (Å²) in [6.07, 6.45) is 1.41. The van der Waals surface area contributed by atoms with E-state index in [0.717, 1.165) is 12.1 Å². The third kappa shape index (κ3) is 2.85. The number of hydrogen-bond acceptors (Lipinski definition) is 3. The van der Waals surface area contributed by atoms with Gasteiger partial charge in [0.2, 0.25) is 5.88 Å². The minimum absolute atomic E-state index is 0.111. The number of rotatable bonds is 3. The first-order valence-electron chi connectivity index (χ1n) is 5.21. The second-order valence-electron chi connectivity index (χ2n) is 3.75. The molecule has 0 fully saturated rings. The molecule has 0 bridgehead atoms. The fourth-order valence-corrected chi connectivity index (χ4v) is 1.55. The molecule has 7 heteroatoms. The van der Waals surface area contributed by atoms with Gasteiger partial charge in [-0.1, -0.05) is 0 Å². The molecule has 0 aliphatic heterocycles. The first-order chi connectivity index (χ1) is 8.99. The van der Waals surface area contributed by atoms with E-state index in [-0.39, 0.29) is 17.1 Å². The second-order valence-corrected chi connectivity index (χ2v) is 3.75. The average molecular weight is 267 g/mol. The standard InChI is InChI=1S/C12H8F3N3O/c1-7-6-18(17-11(7)19-12(14)15)10-3-8(5-16)2-9(13)4-10/h2-4,6,12H,1H3. The number of benzene rings is 1. The van der Waals surface area contributed by atoms with Gasteiger partial charge in [-0.2, -0.15) is 14.0 Å². The van der Waals surface area contributed by atoms with Crippen molar-refractivity contribution in [2.24, 2.45) is 0 Å². The van der Waals surface area contributed by atoms with Crippen molar-refractivity contribution in [3.63, 3.8) is 0 Å². The van der Waals surface area contributed by atoms with E-state index in [1.54, 1.807) is 6.07 Å². The molecule has 0 aliphatic rings. The molecule has 0 radical (unpaired) electrons. The molecule has 1 heterocycles. The smallest absolute Gasteiger partial charge is 0.388 e. The Bertz CT molecular complexity index is 646. The topological polar surface area (TPSA) is 50.8 Å². The van der Waals surface area contributed by atoms with Crippen molar-refractivity contribution in [2.45, 2.75) is 13.5 Å². The molecule has 0 saturated heterocycles. The molecule has 2 aromatic rings. The lowest BCUT2D eigenvalue weighted by molar-refractivity contribution is -0.0534. The summed E-state index contributed by atoms with van der Waals surface area (Å²) in [7, 11) is 0. The average Bonchev–Trinajstić information content (AvgIpc) is 2.69. The maximum absolute atomic E-state index is 13.3. The molecule has 1 aromatic carbocycles. The monoisotopic (exact) mass is 267 g/mol. The van der Waals surface area contributed by atoms with E-state index >= 15 is 0 Å². The zero-order chi connectivity index (χ0) is 14.0. The SMILES string of the molecule is Cc1cn(-c2cc(F)cc(C#N)c2)nc1OC(F)F. The van der Waals surface area contributed by atoms with Crippen LogP contribution in [0.3, 0.4) is 0 Å². The van der Waals surface area contributed by atoms with Gasteiger partial charge in [-0.15, -0.1) is 5.10 Å². The van der Waals surface area contributed by atoms with E-state index in [1.807, 2.05) is 0 Å². The van der Waals surface area contributed by atoms with Crippen molar-refractivity contribution in [2.75, 3.05) is 0 Å². The van der Waals surface area contributed by atoms with E-state index in [0.29, 0.717) is 5.56 Å². The van der Waals surface area contributed by atoms with Crippen LogP contribution in [0.1, 0.15) is 11.1 Å². The van der Waals surface area contributed by atoms with Gasteiger partial charge in [0.1, 0.15) is 5.82 Å². The summed E-state index contributed by atoms with van der Waals surface area (Å²) in [5.74, 6) is -0.851. The third-order valence-electron chi connectivity index (χ3n) is 2.33. The van der Waals surface area contributed by atoms with E-state index in [9.17, 15) is 13.2 Å². The van der Waals surface area contributed by atoms with Crippen LogP contribution in [0.4, 0.5) is 13.2 Å². The predicted molar refractivity (Wildman–Crippen MR) is 59.6 cm³/mol. The van der Waals surface area contributed by atoms with E-state index in [1.165, 1.54) is 23.9 Å². The van der Waals surface area contributed by atoms with Crippen LogP contribution in [0.25, 0.3) is 5.69 Å². The summed E-state index contributed by atoms with van der Waals surface area (Å²) in [6, 6.07) is 5.39. The van der Waals surface area contributed by atoms with Gasteiger partial charge in [-0.3, -0.25) is 0 Å². The zero-order valence-electron chi connectivity index (χ0n) is 9.77. The summed E-state index contributed by atoms with van der Waals surface area (Å²) >= 11 is 0. The quantitative estimate of drug-likeness (QED) is 0.859. The molecule has 0 spiro atoms. The predicted octanol–water partition coefficient (Wildman–Crippen LogP) is 2.79. The number of alkyl halides is 2. The molecule has 0 aliphatic carbocycles. The van der Waals surface area contributed by atoms with Crippen LogP contribution in [0, 0.1) is 24.1 Å². The Balaban J connectivity index is 2.42. The van der Waals surface area contributed by atoms with E-state index in [4.69, 9.17) is 5.26 Å². The zero-order valence-corrected chi connectivity index (χ0v) is 9.77. The van der Waals surface area contributed by atoms with Crippen molar-refractivity contribution in [3.05, 3.63) is 41.3 Å². The molecule has 1 aromatic heterocycles. The van der Waals surface area contributed by atoms with Crippen molar-refractivity contribution < 1.29 is 17.9 Å². The van der Waals surface area contributed by atoms with Crippen LogP contribution in [0.2, 0.25) is 0 Å². The van der Waals surface area contributed by atoms with Gasteiger partial charge in [0, 0.05) is 11.8 Å². The molecular formula is C12H8F3N3O. The molecular weight excluding hydrogens is 259 g/mol. The van der Waals surface area contributed by atoms with Crippen LogP contribution >= 0.6 is 0 Å². The van der Waals surface area contributed by atoms with Crippen LogP contribution < -0.4 is 4.74 Å². The van der Waals surface area contributed by atoms with Gasteiger partial charge >= 0.3 is 6.61 Å². The largest absolute Gasteiger partial charge is 0.415 e. The maximum Gasteiger partial charge on any atom is 0.388 e. The lowest BCUT2D eigenvalue weighted by Gasteiger charge is -2.02. The van der Waals surface area contributed by atoms with Crippen LogP contribution in [0.5, 0.6) is 5.88 Å². The highest BCUT2D eigenvalue weighted by Gasteiger charge is 2.13. The molecule has 0 unspecified atom stereocenters. The minimum atomic E-state index is -2.98. The fraction of sp³-hybridized carbons (Fsp3) is 0.167. The van der Waals surface area contributed by atoms with Crippen LogP contribution in [-0.4, -0.2) is 16.4 Å². The van der Waals surface area contributed by atoms with Crippen LogP contribution in [-0.2, 0) is 0 Å². The summed E-state index contributed by atoms with van der Waals surface area (Å²) in [4.78, 5) is 0. The Morgan fingerprint density at radius 2 is 2.11 bits per heavy atom.